The SMILES string of the molecule is C=CC[C@](C)(N)c1cccnc1. The van der Waals surface area contributed by atoms with E-state index in [-0.39, 0.29) is 5.54 Å². The van der Waals surface area contributed by atoms with Crippen LogP contribution in [0.1, 0.15) is 18.9 Å². The molecule has 0 spiro atoms. The lowest BCUT2D eigenvalue weighted by Gasteiger charge is -2.22. The fourth-order valence-corrected chi connectivity index (χ4v) is 1.12. The highest BCUT2D eigenvalue weighted by molar-refractivity contribution is 5.19. The fourth-order valence-electron chi connectivity index (χ4n) is 1.12. The molecule has 0 saturated carbocycles. The van der Waals surface area contributed by atoms with E-state index in [1.165, 1.54) is 0 Å². The number of aromatic nitrogens is 1. The van der Waals surface area contributed by atoms with E-state index in [0.717, 1.165) is 12.0 Å². The molecule has 0 amide bonds. The van der Waals surface area contributed by atoms with Crippen LogP contribution in [-0.4, -0.2) is 4.98 Å². The molecular weight excluding hydrogens is 148 g/mol. The molecule has 0 aromatic carbocycles. The van der Waals surface area contributed by atoms with E-state index in [0.29, 0.717) is 0 Å². The average molecular weight is 162 g/mol. The lowest BCUT2D eigenvalue weighted by atomic mass is 9.91. The van der Waals surface area contributed by atoms with Crippen LogP contribution in [0.15, 0.2) is 37.2 Å². The Kier molecular flexibility index (Phi) is 2.61. The average Bonchev–Trinajstić information content (AvgIpc) is 2.06. The maximum absolute atomic E-state index is 6.04. The molecule has 0 bridgehead atoms. The largest absolute Gasteiger partial charge is 0.321 e. The molecule has 1 aromatic rings. The van der Waals surface area contributed by atoms with Gasteiger partial charge in [0.15, 0.2) is 0 Å². The number of rotatable bonds is 3. The summed E-state index contributed by atoms with van der Waals surface area (Å²) in [5, 5.41) is 0. The summed E-state index contributed by atoms with van der Waals surface area (Å²) in [7, 11) is 0. The highest BCUT2D eigenvalue weighted by Crippen LogP contribution is 2.20. The summed E-state index contributed by atoms with van der Waals surface area (Å²) >= 11 is 0. The van der Waals surface area contributed by atoms with Gasteiger partial charge in [0.05, 0.1) is 0 Å². The lowest BCUT2D eigenvalue weighted by molar-refractivity contribution is 0.500. The molecule has 0 saturated heterocycles. The molecule has 1 aromatic heterocycles. The van der Waals surface area contributed by atoms with Gasteiger partial charge in [0, 0.05) is 17.9 Å². The van der Waals surface area contributed by atoms with E-state index in [4.69, 9.17) is 5.73 Å². The Bertz CT molecular complexity index is 252. The molecule has 2 N–H and O–H groups in total. The third-order valence-corrected chi connectivity index (χ3v) is 1.89. The van der Waals surface area contributed by atoms with E-state index >= 15 is 0 Å². The predicted molar refractivity (Wildman–Crippen MR) is 50.6 cm³/mol. The van der Waals surface area contributed by atoms with Crippen LogP contribution < -0.4 is 5.73 Å². The summed E-state index contributed by atoms with van der Waals surface area (Å²) in [4.78, 5) is 4.02. The van der Waals surface area contributed by atoms with Gasteiger partial charge >= 0.3 is 0 Å². The molecule has 0 aliphatic heterocycles. The Morgan fingerprint density at radius 3 is 3.00 bits per heavy atom. The fraction of sp³-hybridized carbons (Fsp3) is 0.300. The molecule has 0 unspecified atom stereocenters. The van der Waals surface area contributed by atoms with Gasteiger partial charge in [-0.2, -0.15) is 0 Å². The van der Waals surface area contributed by atoms with Crippen molar-refractivity contribution in [3.63, 3.8) is 0 Å². The number of hydrogen-bond acceptors (Lipinski definition) is 2. The first-order valence-electron chi connectivity index (χ1n) is 3.97. The van der Waals surface area contributed by atoms with E-state index in [1.807, 2.05) is 25.1 Å². The molecule has 64 valence electrons. The molecule has 1 heterocycles. The Morgan fingerprint density at radius 2 is 2.50 bits per heavy atom. The van der Waals surface area contributed by atoms with Crippen molar-refractivity contribution in [3.05, 3.63) is 42.7 Å². The molecule has 1 atom stereocenters. The van der Waals surface area contributed by atoms with E-state index in [2.05, 4.69) is 11.6 Å². The van der Waals surface area contributed by atoms with Crippen molar-refractivity contribution in [2.75, 3.05) is 0 Å². The van der Waals surface area contributed by atoms with Crippen LogP contribution >= 0.6 is 0 Å². The molecule has 0 aliphatic carbocycles. The maximum atomic E-state index is 6.04. The topological polar surface area (TPSA) is 38.9 Å². The Morgan fingerprint density at radius 1 is 1.75 bits per heavy atom. The van der Waals surface area contributed by atoms with Gasteiger partial charge in [-0.25, -0.2) is 0 Å². The van der Waals surface area contributed by atoms with Crippen molar-refractivity contribution < 1.29 is 0 Å². The van der Waals surface area contributed by atoms with Crippen LogP contribution in [0.5, 0.6) is 0 Å². The highest BCUT2D eigenvalue weighted by atomic mass is 14.7. The monoisotopic (exact) mass is 162 g/mol. The number of nitrogens with zero attached hydrogens (tertiary/aromatic N) is 1. The van der Waals surface area contributed by atoms with Gasteiger partial charge in [-0.15, -0.1) is 6.58 Å². The van der Waals surface area contributed by atoms with Crippen LogP contribution in [-0.2, 0) is 5.54 Å². The van der Waals surface area contributed by atoms with Gasteiger partial charge in [0.1, 0.15) is 0 Å². The predicted octanol–water partition coefficient (Wildman–Crippen LogP) is 1.83. The maximum Gasteiger partial charge on any atom is 0.0431 e. The standard InChI is InChI=1S/C10H14N2/c1-3-6-10(2,11)9-5-4-7-12-8-9/h3-5,7-8H,1,6,11H2,2H3/t10-/m0/s1. The first kappa shape index (κ1) is 8.94. The minimum Gasteiger partial charge on any atom is -0.321 e. The molecule has 12 heavy (non-hydrogen) atoms. The van der Waals surface area contributed by atoms with Gasteiger partial charge in [-0.1, -0.05) is 12.1 Å². The van der Waals surface area contributed by atoms with Crippen LogP contribution in [0.3, 0.4) is 0 Å². The smallest absolute Gasteiger partial charge is 0.0431 e. The zero-order valence-corrected chi connectivity index (χ0v) is 7.33. The second-order valence-corrected chi connectivity index (χ2v) is 3.15. The van der Waals surface area contributed by atoms with Gasteiger partial charge in [0.2, 0.25) is 0 Å². The normalized spacial score (nSPS) is 15.2. The molecular formula is C10H14N2. The van der Waals surface area contributed by atoms with Crippen molar-refractivity contribution in [3.8, 4) is 0 Å². The molecule has 0 fully saturated rings. The summed E-state index contributed by atoms with van der Waals surface area (Å²) in [6.45, 7) is 5.65. The summed E-state index contributed by atoms with van der Waals surface area (Å²) < 4.78 is 0. The molecule has 1 rings (SSSR count). The first-order chi connectivity index (χ1) is 5.67. The zero-order valence-electron chi connectivity index (χ0n) is 7.33. The van der Waals surface area contributed by atoms with Crippen LogP contribution in [0.2, 0.25) is 0 Å². The van der Waals surface area contributed by atoms with Gasteiger partial charge in [0.25, 0.3) is 0 Å². The van der Waals surface area contributed by atoms with E-state index in [9.17, 15) is 0 Å². The van der Waals surface area contributed by atoms with Crippen LogP contribution in [0.25, 0.3) is 0 Å². The Hall–Kier alpha value is -1.15. The van der Waals surface area contributed by atoms with E-state index < -0.39 is 0 Å². The second kappa shape index (κ2) is 3.50. The van der Waals surface area contributed by atoms with Crippen molar-refractivity contribution in [2.24, 2.45) is 5.73 Å². The summed E-state index contributed by atoms with van der Waals surface area (Å²) in [6.07, 6.45) is 6.13. The van der Waals surface area contributed by atoms with Crippen molar-refractivity contribution in [1.29, 1.82) is 0 Å². The molecule has 2 heteroatoms. The van der Waals surface area contributed by atoms with E-state index in [1.54, 1.807) is 12.4 Å². The van der Waals surface area contributed by atoms with Crippen LogP contribution in [0, 0.1) is 0 Å². The molecule has 0 radical (unpaired) electrons. The summed E-state index contributed by atoms with van der Waals surface area (Å²) in [5.41, 5.74) is 6.75. The first-order valence-corrected chi connectivity index (χ1v) is 3.97. The Balaban J connectivity index is 2.89. The summed E-state index contributed by atoms with van der Waals surface area (Å²) in [5.74, 6) is 0. The van der Waals surface area contributed by atoms with Crippen molar-refractivity contribution >= 4 is 0 Å². The third kappa shape index (κ3) is 1.92. The molecule has 2 nitrogen and oxygen atoms in total. The van der Waals surface area contributed by atoms with Crippen LogP contribution in [0.4, 0.5) is 0 Å². The van der Waals surface area contributed by atoms with Gasteiger partial charge in [-0.05, 0) is 25.0 Å². The Labute approximate surface area is 73.1 Å². The highest BCUT2D eigenvalue weighted by Gasteiger charge is 2.18. The minimum absolute atomic E-state index is 0.337. The molecule has 0 aliphatic rings. The zero-order chi connectivity index (χ0) is 9.03. The summed E-state index contributed by atoms with van der Waals surface area (Å²) in [6, 6.07) is 3.88. The third-order valence-electron chi connectivity index (χ3n) is 1.89. The quantitative estimate of drug-likeness (QED) is 0.689. The van der Waals surface area contributed by atoms with Gasteiger partial charge < -0.3 is 5.73 Å². The minimum atomic E-state index is -0.337. The number of hydrogen-bond donors (Lipinski definition) is 1. The second-order valence-electron chi connectivity index (χ2n) is 3.15. The number of pyridine rings is 1. The lowest BCUT2D eigenvalue weighted by Crippen LogP contribution is -2.32. The van der Waals surface area contributed by atoms with Gasteiger partial charge in [-0.3, -0.25) is 4.98 Å². The number of nitrogens with two attached hydrogens (primary N) is 1. The van der Waals surface area contributed by atoms with Crippen molar-refractivity contribution in [2.45, 2.75) is 18.9 Å². The van der Waals surface area contributed by atoms with Crippen molar-refractivity contribution in [1.82, 2.24) is 4.98 Å².